The van der Waals surface area contributed by atoms with E-state index in [1.54, 1.807) is 0 Å². The van der Waals surface area contributed by atoms with Gasteiger partial charge in [-0.3, -0.25) is 0 Å². The molecule has 1 aliphatic rings. The third-order valence-corrected chi connectivity index (χ3v) is 5.45. The van der Waals surface area contributed by atoms with Crippen molar-refractivity contribution in [2.75, 3.05) is 18.9 Å². The second-order valence-electron chi connectivity index (χ2n) is 7.42. The van der Waals surface area contributed by atoms with Crippen molar-refractivity contribution in [3.05, 3.63) is 52.5 Å². The van der Waals surface area contributed by atoms with Crippen LogP contribution in [0.15, 0.2) is 24.5 Å². The average Bonchev–Trinajstić information content (AvgIpc) is 3.12. The normalized spacial score (nSPS) is 13.2. The predicted octanol–water partition coefficient (Wildman–Crippen LogP) is 3.58. The Kier molecular flexibility index (Phi) is 5.31. The van der Waals surface area contributed by atoms with Gasteiger partial charge in [0.15, 0.2) is 5.82 Å². The van der Waals surface area contributed by atoms with Crippen LogP contribution in [-0.2, 0) is 24.1 Å². The average molecular weight is 374 g/mol. The first-order valence-electron chi connectivity index (χ1n) is 9.89. The van der Waals surface area contributed by atoms with Crippen molar-refractivity contribution in [1.82, 2.24) is 14.5 Å². The Morgan fingerprint density at radius 2 is 2.04 bits per heavy atom. The number of pyridine rings is 1. The molecule has 5 heteroatoms. The lowest BCUT2D eigenvalue weighted by Crippen LogP contribution is -2.12. The Morgan fingerprint density at radius 3 is 2.89 bits per heavy atom. The number of rotatable bonds is 4. The van der Waals surface area contributed by atoms with E-state index in [0.29, 0.717) is 19.0 Å². The van der Waals surface area contributed by atoms with Crippen molar-refractivity contribution in [2.45, 2.75) is 46.1 Å². The molecule has 0 spiro atoms. The fourth-order valence-electron chi connectivity index (χ4n) is 3.77. The Labute approximate surface area is 165 Å². The van der Waals surface area contributed by atoms with Gasteiger partial charge < -0.3 is 15.0 Å². The largest absolute Gasteiger partial charge is 0.382 e. The van der Waals surface area contributed by atoms with E-state index >= 15 is 0 Å². The van der Waals surface area contributed by atoms with Crippen LogP contribution in [0.5, 0.6) is 0 Å². The van der Waals surface area contributed by atoms with E-state index in [1.165, 1.54) is 29.5 Å². The number of fused-ring (bicyclic) bond motifs is 3. The van der Waals surface area contributed by atoms with Crippen LogP contribution in [0.4, 0.5) is 5.82 Å². The van der Waals surface area contributed by atoms with Gasteiger partial charge in [-0.15, -0.1) is 0 Å². The molecule has 0 saturated heterocycles. The minimum absolute atomic E-state index is 0.418. The van der Waals surface area contributed by atoms with Gasteiger partial charge in [0.1, 0.15) is 12.1 Å². The van der Waals surface area contributed by atoms with E-state index in [2.05, 4.69) is 58.4 Å². The monoisotopic (exact) mass is 374 g/mol. The van der Waals surface area contributed by atoms with Gasteiger partial charge >= 0.3 is 0 Å². The summed E-state index contributed by atoms with van der Waals surface area (Å²) in [6.07, 6.45) is 6.28. The molecule has 0 fully saturated rings. The molecule has 2 aromatic heterocycles. The molecule has 28 heavy (non-hydrogen) atoms. The van der Waals surface area contributed by atoms with Crippen molar-refractivity contribution >= 4 is 16.9 Å². The molecular formula is C23H26N4O. The first-order chi connectivity index (χ1) is 13.6. The highest BCUT2D eigenvalue weighted by Gasteiger charge is 2.19. The molecule has 2 N–H and O–H groups in total. The molecule has 1 aliphatic carbocycles. The number of nitrogens with zero attached hydrogens (tertiary/aromatic N) is 3. The Morgan fingerprint density at radius 1 is 1.18 bits per heavy atom. The van der Waals surface area contributed by atoms with Crippen molar-refractivity contribution in [3.8, 4) is 11.8 Å². The molecule has 0 radical (unpaired) electrons. The molecule has 0 unspecified atom stereocenters. The molecule has 0 atom stereocenters. The summed E-state index contributed by atoms with van der Waals surface area (Å²) in [4.78, 5) is 9.06. The number of nitrogen functional groups attached to an aromatic ring is 1. The van der Waals surface area contributed by atoms with Crippen LogP contribution in [0.2, 0.25) is 0 Å². The van der Waals surface area contributed by atoms with E-state index in [0.717, 1.165) is 41.7 Å². The van der Waals surface area contributed by atoms with E-state index in [-0.39, 0.29) is 0 Å². The number of nitrogens with two attached hydrogens (primary N) is 1. The summed E-state index contributed by atoms with van der Waals surface area (Å²) in [5.74, 6) is 6.80. The zero-order valence-corrected chi connectivity index (χ0v) is 16.6. The second kappa shape index (κ2) is 8.04. The van der Waals surface area contributed by atoms with Gasteiger partial charge in [-0.05, 0) is 68.4 Å². The summed E-state index contributed by atoms with van der Waals surface area (Å²) in [5.41, 5.74) is 14.1. The van der Waals surface area contributed by atoms with Crippen LogP contribution < -0.4 is 5.73 Å². The molecule has 0 saturated carbocycles. The lowest BCUT2D eigenvalue weighted by atomic mass is 9.95. The van der Waals surface area contributed by atoms with Gasteiger partial charge in [0.25, 0.3) is 0 Å². The summed E-state index contributed by atoms with van der Waals surface area (Å²) >= 11 is 0. The van der Waals surface area contributed by atoms with E-state index in [4.69, 9.17) is 10.5 Å². The molecule has 2 heterocycles. The highest BCUT2D eigenvalue weighted by molar-refractivity contribution is 5.88. The van der Waals surface area contributed by atoms with Crippen LogP contribution in [0.1, 0.15) is 40.8 Å². The van der Waals surface area contributed by atoms with Crippen LogP contribution >= 0.6 is 0 Å². The third kappa shape index (κ3) is 3.74. The number of benzene rings is 1. The predicted molar refractivity (Wildman–Crippen MR) is 112 cm³/mol. The molecule has 0 amide bonds. The van der Waals surface area contributed by atoms with Crippen LogP contribution in [-0.4, -0.2) is 27.7 Å². The Bertz CT molecular complexity index is 1070. The summed E-state index contributed by atoms with van der Waals surface area (Å²) in [6, 6.07) is 6.27. The fraction of sp³-hybridized carbons (Fsp3) is 0.391. The number of imidazole rings is 1. The highest BCUT2D eigenvalue weighted by Crippen LogP contribution is 2.30. The number of aromatic nitrogens is 3. The standard InChI is InChI=1S/C23H26N4O/c1-16-9-10-18(14-17(16)2)6-5-12-28-13-11-27-15-25-21-22(27)19-7-3-4-8-20(19)26-23(21)24/h9-10,14-15H,3-4,7-8,11-13H2,1-2H3,(H2,24,26). The SMILES string of the molecule is Cc1ccc(C#CCOCCn2cnc3c(N)nc4c(c32)CCCC4)cc1C. The number of aryl methyl sites for hydroxylation is 4. The topological polar surface area (TPSA) is 66.0 Å². The van der Waals surface area contributed by atoms with Crippen LogP contribution in [0.3, 0.4) is 0 Å². The van der Waals surface area contributed by atoms with Crippen molar-refractivity contribution in [1.29, 1.82) is 0 Å². The van der Waals surface area contributed by atoms with E-state index < -0.39 is 0 Å². The zero-order valence-electron chi connectivity index (χ0n) is 16.6. The number of anilines is 1. The number of hydrogen-bond donors (Lipinski definition) is 1. The maximum atomic E-state index is 6.13. The lowest BCUT2D eigenvalue weighted by molar-refractivity contribution is 0.158. The van der Waals surface area contributed by atoms with Gasteiger partial charge in [0, 0.05) is 17.8 Å². The molecule has 0 bridgehead atoms. The summed E-state index contributed by atoms with van der Waals surface area (Å²) in [7, 11) is 0. The molecule has 3 aromatic rings. The minimum atomic E-state index is 0.418. The lowest BCUT2D eigenvalue weighted by Gasteiger charge is -2.17. The quantitative estimate of drug-likeness (QED) is 0.560. The van der Waals surface area contributed by atoms with E-state index in [9.17, 15) is 0 Å². The molecule has 0 aliphatic heterocycles. The molecule has 144 valence electrons. The van der Waals surface area contributed by atoms with Gasteiger partial charge in [0.05, 0.1) is 18.5 Å². The summed E-state index contributed by atoms with van der Waals surface area (Å²) in [6.45, 7) is 5.95. The summed E-state index contributed by atoms with van der Waals surface area (Å²) < 4.78 is 7.88. The molecule has 5 nitrogen and oxygen atoms in total. The van der Waals surface area contributed by atoms with Crippen molar-refractivity contribution in [3.63, 3.8) is 0 Å². The molecule has 1 aromatic carbocycles. The maximum absolute atomic E-state index is 6.13. The third-order valence-electron chi connectivity index (χ3n) is 5.45. The van der Waals surface area contributed by atoms with Gasteiger partial charge in [0.2, 0.25) is 0 Å². The van der Waals surface area contributed by atoms with E-state index in [1.807, 2.05) is 6.33 Å². The maximum Gasteiger partial charge on any atom is 0.151 e. The molecular weight excluding hydrogens is 348 g/mol. The van der Waals surface area contributed by atoms with Crippen molar-refractivity contribution in [2.24, 2.45) is 0 Å². The van der Waals surface area contributed by atoms with Crippen molar-refractivity contribution < 1.29 is 4.74 Å². The summed E-state index contributed by atoms with van der Waals surface area (Å²) in [5, 5.41) is 0. The second-order valence-corrected chi connectivity index (χ2v) is 7.42. The Balaban J connectivity index is 1.39. The number of ether oxygens (including phenoxy) is 1. The highest BCUT2D eigenvalue weighted by atomic mass is 16.5. The van der Waals surface area contributed by atoms with Crippen LogP contribution in [0, 0.1) is 25.7 Å². The molecule has 4 rings (SSSR count). The van der Waals surface area contributed by atoms with Gasteiger partial charge in [-0.1, -0.05) is 17.9 Å². The first kappa shape index (κ1) is 18.5. The Hall–Kier alpha value is -2.84. The fourth-order valence-corrected chi connectivity index (χ4v) is 3.77. The minimum Gasteiger partial charge on any atom is -0.382 e. The van der Waals surface area contributed by atoms with Gasteiger partial charge in [-0.25, -0.2) is 9.97 Å². The van der Waals surface area contributed by atoms with Crippen LogP contribution in [0.25, 0.3) is 11.0 Å². The number of hydrogen-bond acceptors (Lipinski definition) is 4. The first-order valence-corrected chi connectivity index (χ1v) is 9.89. The smallest absolute Gasteiger partial charge is 0.151 e. The zero-order chi connectivity index (χ0) is 19.5. The van der Waals surface area contributed by atoms with Gasteiger partial charge in [-0.2, -0.15) is 0 Å².